The third kappa shape index (κ3) is 2.40. The molecule has 1 heterocycles. The largest absolute Gasteiger partial charge is 0.303 e. The average Bonchev–Trinajstić information content (AvgIpc) is 3.01. The Balaban J connectivity index is 1.74. The zero-order valence-electron chi connectivity index (χ0n) is 10.8. The summed E-state index contributed by atoms with van der Waals surface area (Å²) in [6.45, 7) is 0. The zero-order chi connectivity index (χ0) is 13.2. The van der Waals surface area contributed by atoms with Gasteiger partial charge >= 0.3 is 0 Å². The number of para-hydroxylation sites is 1. The minimum atomic E-state index is -0.337. The van der Waals surface area contributed by atoms with E-state index in [4.69, 9.17) is 0 Å². The Morgan fingerprint density at radius 2 is 1.74 bits per heavy atom. The van der Waals surface area contributed by atoms with E-state index in [-0.39, 0.29) is 24.3 Å². The third-order valence-electron chi connectivity index (χ3n) is 3.95. The Morgan fingerprint density at radius 1 is 1.05 bits per heavy atom. The van der Waals surface area contributed by atoms with Gasteiger partial charge in [-0.05, 0) is 25.0 Å². The zero-order valence-corrected chi connectivity index (χ0v) is 10.8. The number of nitrogens with zero attached hydrogens (tertiary/aromatic N) is 1. The lowest BCUT2D eigenvalue weighted by molar-refractivity contribution is -0.121. The predicted octanol–water partition coefficient (Wildman–Crippen LogP) is 1.85. The summed E-state index contributed by atoms with van der Waals surface area (Å²) in [5.74, 6) is -0.213. The monoisotopic (exact) mass is 258 g/mol. The van der Waals surface area contributed by atoms with Gasteiger partial charge in [0.05, 0.1) is 18.2 Å². The smallest absolute Gasteiger partial charge is 0.251 e. The molecule has 1 saturated carbocycles. The minimum Gasteiger partial charge on any atom is -0.303 e. The molecule has 0 spiro atoms. The first-order valence-electron chi connectivity index (χ1n) is 6.93. The molecule has 1 aromatic rings. The summed E-state index contributed by atoms with van der Waals surface area (Å²) in [4.78, 5) is 25.7. The van der Waals surface area contributed by atoms with Crippen molar-refractivity contribution < 1.29 is 9.59 Å². The molecule has 1 aliphatic heterocycles. The summed E-state index contributed by atoms with van der Waals surface area (Å²) in [6, 6.07) is 9.22. The molecule has 3 rings (SSSR count). The van der Waals surface area contributed by atoms with Crippen LogP contribution in [-0.4, -0.2) is 23.9 Å². The topological polar surface area (TPSA) is 49.4 Å². The normalized spacial score (nSPS) is 24.4. The summed E-state index contributed by atoms with van der Waals surface area (Å²) < 4.78 is 0. The van der Waals surface area contributed by atoms with Crippen LogP contribution in [-0.2, 0) is 9.59 Å². The van der Waals surface area contributed by atoms with Gasteiger partial charge in [0.1, 0.15) is 0 Å². The van der Waals surface area contributed by atoms with Gasteiger partial charge in [0.15, 0.2) is 0 Å². The van der Waals surface area contributed by atoms with E-state index in [1.165, 1.54) is 17.7 Å². The van der Waals surface area contributed by atoms with Gasteiger partial charge < -0.3 is 5.32 Å². The molecule has 19 heavy (non-hydrogen) atoms. The van der Waals surface area contributed by atoms with Gasteiger partial charge in [0, 0.05) is 6.04 Å². The molecule has 0 bridgehead atoms. The maximum atomic E-state index is 12.3. The van der Waals surface area contributed by atoms with Crippen LogP contribution in [0.25, 0.3) is 0 Å². The van der Waals surface area contributed by atoms with E-state index in [0.29, 0.717) is 11.7 Å². The summed E-state index contributed by atoms with van der Waals surface area (Å²) in [6.07, 6.45) is 4.95. The van der Waals surface area contributed by atoms with Crippen LogP contribution < -0.4 is 10.2 Å². The van der Waals surface area contributed by atoms with Gasteiger partial charge in [0.25, 0.3) is 5.91 Å². The number of benzene rings is 1. The first-order chi connectivity index (χ1) is 9.25. The summed E-state index contributed by atoms with van der Waals surface area (Å²) in [5, 5.41) is 3.35. The summed E-state index contributed by atoms with van der Waals surface area (Å²) in [5.41, 5.74) is 0.674. The Bertz CT molecular complexity index is 480. The Morgan fingerprint density at radius 3 is 2.42 bits per heavy atom. The van der Waals surface area contributed by atoms with E-state index in [9.17, 15) is 9.59 Å². The molecule has 0 aromatic heterocycles. The van der Waals surface area contributed by atoms with Crippen molar-refractivity contribution in [2.24, 2.45) is 0 Å². The van der Waals surface area contributed by atoms with Crippen LogP contribution >= 0.6 is 0 Å². The third-order valence-corrected chi connectivity index (χ3v) is 3.95. The number of amides is 2. The molecule has 2 aliphatic rings. The van der Waals surface area contributed by atoms with E-state index in [1.54, 1.807) is 12.1 Å². The second-order valence-electron chi connectivity index (χ2n) is 5.31. The van der Waals surface area contributed by atoms with Crippen molar-refractivity contribution in [1.29, 1.82) is 0 Å². The van der Waals surface area contributed by atoms with Crippen LogP contribution in [0.15, 0.2) is 30.3 Å². The second-order valence-corrected chi connectivity index (χ2v) is 5.31. The van der Waals surface area contributed by atoms with Crippen molar-refractivity contribution >= 4 is 17.5 Å². The highest BCUT2D eigenvalue weighted by atomic mass is 16.2. The summed E-state index contributed by atoms with van der Waals surface area (Å²) in [7, 11) is 0. The van der Waals surface area contributed by atoms with Crippen molar-refractivity contribution in [3.8, 4) is 0 Å². The van der Waals surface area contributed by atoms with Crippen LogP contribution in [0.4, 0.5) is 5.69 Å². The van der Waals surface area contributed by atoms with Gasteiger partial charge in [-0.1, -0.05) is 31.0 Å². The maximum absolute atomic E-state index is 12.3. The molecule has 1 N–H and O–H groups in total. The minimum absolute atomic E-state index is 0.105. The van der Waals surface area contributed by atoms with Gasteiger partial charge in [-0.25, -0.2) is 4.90 Å². The Kier molecular flexibility index (Phi) is 3.34. The molecule has 2 amide bonds. The number of nitrogens with one attached hydrogen (secondary N) is 1. The van der Waals surface area contributed by atoms with Crippen molar-refractivity contribution in [2.45, 2.75) is 44.2 Å². The highest BCUT2D eigenvalue weighted by molar-refractivity contribution is 6.22. The number of hydrogen-bond donors (Lipinski definition) is 1. The summed E-state index contributed by atoms with van der Waals surface area (Å²) >= 11 is 0. The molecule has 4 nitrogen and oxygen atoms in total. The Labute approximate surface area is 112 Å². The van der Waals surface area contributed by atoms with Gasteiger partial charge in [-0.15, -0.1) is 0 Å². The van der Waals surface area contributed by atoms with E-state index in [2.05, 4.69) is 5.32 Å². The lowest BCUT2D eigenvalue weighted by Gasteiger charge is -2.18. The Hall–Kier alpha value is -1.68. The molecule has 4 heteroatoms. The highest BCUT2D eigenvalue weighted by Crippen LogP contribution is 2.25. The molecule has 2 fully saturated rings. The second kappa shape index (κ2) is 5.13. The number of rotatable bonds is 3. The molecular weight excluding hydrogens is 240 g/mol. The number of carbonyl (C=O) groups excluding carboxylic acids is 2. The molecule has 100 valence electrons. The van der Waals surface area contributed by atoms with Crippen molar-refractivity contribution in [1.82, 2.24) is 5.32 Å². The van der Waals surface area contributed by atoms with E-state index in [0.717, 1.165) is 12.8 Å². The number of anilines is 1. The fraction of sp³-hybridized carbons (Fsp3) is 0.467. The highest BCUT2D eigenvalue weighted by Gasteiger charge is 2.40. The number of imide groups is 1. The van der Waals surface area contributed by atoms with Crippen molar-refractivity contribution in [3.05, 3.63) is 30.3 Å². The predicted molar refractivity (Wildman–Crippen MR) is 72.7 cm³/mol. The van der Waals surface area contributed by atoms with Crippen LogP contribution in [0.3, 0.4) is 0 Å². The van der Waals surface area contributed by atoms with Gasteiger partial charge in [0.2, 0.25) is 5.91 Å². The first-order valence-corrected chi connectivity index (χ1v) is 6.93. The number of hydrogen-bond acceptors (Lipinski definition) is 3. The number of carbonyl (C=O) groups is 2. The molecule has 1 aromatic carbocycles. The van der Waals surface area contributed by atoms with Crippen LogP contribution in [0.2, 0.25) is 0 Å². The average molecular weight is 258 g/mol. The lowest BCUT2D eigenvalue weighted by atomic mass is 10.2. The van der Waals surface area contributed by atoms with Gasteiger partial charge in [-0.2, -0.15) is 0 Å². The quantitative estimate of drug-likeness (QED) is 0.842. The van der Waals surface area contributed by atoms with E-state index >= 15 is 0 Å². The molecule has 1 aliphatic carbocycles. The van der Waals surface area contributed by atoms with Crippen molar-refractivity contribution in [2.75, 3.05) is 4.90 Å². The standard InChI is InChI=1S/C15H18N2O2/c18-14-10-13(16-11-6-4-5-7-11)15(19)17(14)12-8-2-1-3-9-12/h1-3,8-9,11,13,16H,4-7,10H2/t13-/m1/s1. The van der Waals surface area contributed by atoms with E-state index < -0.39 is 0 Å². The SMILES string of the molecule is O=C1C[C@@H](NC2CCCC2)C(=O)N1c1ccccc1. The van der Waals surface area contributed by atoms with Crippen LogP contribution in [0.5, 0.6) is 0 Å². The first kappa shape index (κ1) is 12.4. The lowest BCUT2D eigenvalue weighted by Crippen LogP contribution is -2.42. The fourth-order valence-corrected chi connectivity index (χ4v) is 2.99. The van der Waals surface area contributed by atoms with Crippen LogP contribution in [0.1, 0.15) is 32.1 Å². The maximum Gasteiger partial charge on any atom is 0.251 e. The fourth-order valence-electron chi connectivity index (χ4n) is 2.99. The van der Waals surface area contributed by atoms with Gasteiger partial charge in [-0.3, -0.25) is 9.59 Å². The van der Waals surface area contributed by atoms with E-state index in [1.807, 2.05) is 18.2 Å². The molecule has 1 atom stereocenters. The molecule has 0 unspecified atom stereocenters. The molecular formula is C15H18N2O2. The molecule has 1 saturated heterocycles. The van der Waals surface area contributed by atoms with Crippen LogP contribution in [0, 0.1) is 0 Å². The molecule has 0 radical (unpaired) electrons. The van der Waals surface area contributed by atoms with Crippen molar-refractivity contribution in [3.63, 3.8) is 0 Å².